The molecule has 0 aliphatic carbocycles. The van der Waals surface area contributed by atoms with Crippen molar-refractivity contribution in [3.05, 3.63) is 29.3 Å². The maximum atomic E-state index is 6.04. The van der Waals surface area contributed by atoms with E-state index in [1.54, 1.807) is 0 Å². The average molecular weight is 305 g/mol. The van der Waals surface area contributed by atoms with E-state index in [-0.39, 0.29) is 12.4 Å². The van der Waals surface area contributed by atoms with Gasteiger partial charge in [-0.25, -0.2) is 0 Å². The molecule has 2 atom stereocenters. The molecular weight excluding hydrogens is 283 g/mol. The fraction of sp³-hybridized carbons (Fsp3) is 0.571. The van der Waals surface area contributed by atoms with E-state index in [0.29, 0.717) is 23.7 Å². The molecule has 1 aliphatic rings. The van der Waals surface area contributed by atoms with E-state index in [1.165, 1.54) is 0 Å². The second kappa shape index (κ2) is 7.95. The van der Waals surface area contributed by atoms with Crippen LogP contribution in [0.1, 0.15) is 13.8 Å². The van der Waals surface area contributed by atoms with Gasteiger partial charge in [0.25, 0.3) is 0 Å². The van der Waals surface area contributed by atoms with Crippen LogP contribution in [0, 0.1) is 0 Å². The molecule has 108 valence electrons. The molecule has 1 aromatic carbocycles. The number of hydrogen-bond donors (Lipinski definition) is 1. The maximum absolute atomic E-state index is 6.04. The van der Waals surface area contributed by atoms with Crippen LogP contribution >= 0.6 is 24.0 Å². The van der Waals surface area contributed by atoms with Crippen molar-refractivity contribution in [1.82, 2.24) is 10.2 Å². The maximum Gasteiger partial charge on any atom is 0.137 e. The number of ether oxygens (including phenoxy) is 1. The molecule has 1 saturated heterocycles. The van der Waals surface area contributed by atoms with Crippen LogP contribution in [0.15, 0.2) is 24.3 Å². The van der Waals surface area contributed by atoms with Crippen LogP contribution in [0.25, 0.3) is 0 Å². The van der Waals surface area contributed by atoms with Crippen LogP contribution in [0.5, 0.6) is 5.75 Å². The molecule has 0 spiro atoms. The molecular formula is C14H22Cl2N2O. The van der Waals surface area contributed by atoms with Gasteiger partial charge in [-0.3, -0.25) is 4.90 Å². The van der Waals surface area contributed by atoms with Crippen LogP contribution in [0.4, 0.5) is 0 Å². The first-order valence-corrected chi connectivity index (χ1v) is 6.88. The van der Waals surface area contributed by atoms with Crippen molar-refractivity contribution in [2.75, 3.05) is 26.2 Å². The Morgan fingerprint density at radius 1 is 1.26 bits per heavy atom. The van der Waals surface area contributed by atoms with Crippen molar-refractivity contribution in [3.8, 4) is 5.75 Å². The van der Waals surface area contributed by atoms with Gasteiger partial charge in [-0.2, -0.15) is 0 Å². The van der Waals surface area contributed by atoms with Gasteiger partial charge in [0.05, 0.1) is 5.02 Å². The van der Waals surface area contributed by atoms with Crippen molar-refractivity contribution in [2.24, 2.45) is 0 Å². The highest BCUT2D eigenvalue weighted by atomic mass is 35.5. The molecule has 0 bridgehead atoms. The third kappa shape index (κ3) is 5.19. The number of rotatable bonds is 4. The monoisotopic (exact) mass is 304 g/mol. The third-order valence-corrected chi connectivity index (χ3v) is 3.45. The quantitative estimate of drug-likeness (QED) is 0.926. The normalized spacial score (nSPS) is 23.7. The summed E-state index contributed by atoms with van der Waals surface area (Å²) in [6.07, 6.45) is 0. The molecule has 0 amide bonds. The van der Waals surface area contributed by atoms with Gasteiger partial charge in [0.2, 0.25) is 0 Å². The second-order valence-corrected chi connectivity index (χ2v) is 5.41. The lowest BCUT2D eigenvalue weighted by molar-refractivity contribution is 0.146. The lowest BCUT2D eigenvalue weighted by Crippen LogP contribution is -2.54. The number of nitrogens with one attached hydrogen (secondary N) is 1. The SMILES string of the molecule is CC1CN(CCOc2ccccc2Cl)CC(C)N1.Cl. The Hall–Kier alpha value is -0.480. The summed E-state index contributed by atoms with van der Waals surface area (Å²) in [6.45, 7) is 8.23. The average Bonchev–Trinajstić information content (AvgIpc) is 2.30. The van der Waals surface area contributed by atoms with E-state index >= 15 is 0 Å². The molecule has 1 fully saturated rings. The van der Waals surface area contributed by atoms with E-state index in [9.17, 15) is 0 Å². The summed E-state index contributed by atoms with van der Waals surface area (Å²) in [7, 11) is 0. The van der Waals surface area contributed by atoms with Crippen LogP contribution in [-0.4, -0.2) is 43.2 Å². The van der Waals surface area contributed by atoms with E-state index in [4.69, 9.17) is 16.3 Å². The molecule has 0 saturated carbocycles. The lowest BCUT2D eigenvalue weighted by Gasteiger charge is -2.35. The van der Waals surface area contributed by atoms with Crippen LogP contribution in [-0.2, 0) is 0 Å². The first-order valence-electron chi connectivity index (χ1n) is 6.51. The number of halogens is 2. The molecule has 0 aromatic heterocycles. The van der Waals surface area contributed by atoms with E-state index in [0.717, 1.165) is 25.4 Å². The van der Waals surface area contributed by atoms with E-state index in [2.05, 4.69) is 24.1 Å². The Labute approximate surface area is 126 Å². The van der Waals surface area contributed by atoms with Crippen LogP contribution < -0.4 is 10.1 Å². The van der Waals surface area contributed by atoms with Gasteiger partial charge in [0.1, 0.15) is 12.4 Å². The van der Waals surface area contributed by atoms with Crippen LogP contribution in [0.3, 0.4) is 0 Å². The third-order valence-electron chi connectivity index (χ3n) is 3.13. The predicted molar refractivity (Wildman–Crippen MR) is 82.7 cm³/mol. The zero-order valence-corrected chi connectivity index (χ0v) is 13.0. The molecule has 3 nitrogen and oxygen atoms in total. The Kier molecular flexibility index (Phi) is 6.94. The smallest absolute Gasteiger partial charge is 0.137 e. The summed E-state index contributed by atoms with van der Waals surface area (Å²) < 4.78 is 5.72. The minimum atomic E-state index is 0. The number of hydrogen-bond acceptors (Lipinski definition) is 3. The largest absolute Gasteiger partial charge is 0.491 e. The molecule has 19 heavy (non-hydrogen) atoms. The predicted octanol–water partition coefficient (Wildman–Crippen LogP) is 2.82. The fourth-order valence-electron chi connectivity index (χ4n) is 2.47. The van der Waals surface area contributed by atoms with Gasteiger partial charge in [-0.1, -0.05) is 23.7 Å². The van der Waals surface area contributed by atoms with Gasteiger partial charge >= 0.3 is 0 Å². The summed E-state index contributed by atoms with van der Waals surface area (Å²) in [5.41, 5.74) is 0. The molecule has 1 heterocycles. The highest BCUT2D eigenvalue weighted by Crippen LogP contribution is 2.22. The van der Waals surface area contributed by atoms with Crippen LogP contribution in [0.2, 0.25) is 5.02 Å². The topological polar surface area (TPSA) is 24.5 Å². The van der Waals surface area contributed by atoms with E-state index < -0.39 is 0 Å². The Balaban J connectivity index is 0.00000180. The minimum Gasteiger partial charge on any atom is -0.491 e. The molecule has 0 radical (unpaired) electrons. The van der Waals surface area contributed by atoms with Gasteiger partial charge in [0, 0.05) is 31.7 Å². The summed E-state index contributed by atoms with van der Waals surface area (Å²) in [6, 6.07) is 8.71. The van der Waals surface area contributed by atoms with Crippen molar-refractivity contribution in [2.45, 2.75) is 25.9 Å². The fourth-order valence-corrected chi connectivity index (χ4v) is 2.66. The second-order valence-electron chi connectivity index (χ2n) is 5.01. The highest BCUT2D eigenvalue weighted by Gasteiger charge is 2.20. The first-order chi connectivity index (χ1) is 8.65. The van der Waals surface area contributed by atoms with Crippen molar-refractivity contribution >= 4 is 24.0 Å². The standard InChI is InChI=1S/C14H21ClN2O.ClH/c1-11-9-17(10-12(2)16-11)7-8-18-14-6-4-3-5-13(14)15;/h3-6,11-12,16H,7-10H2,1-2H3;1H. The lowest BCUT2D eigenvalue weighted by atomic mass is 10.1. The van der Waals surface area contributed by atoms with E-state index in [1.807, 2.05) is 24.3 Å². The highest BCUT2D eigenvalue weighted by molar-refractivity contribution is 6.32. The Bertz CT molecular complexity index is 379. The molecule has 1 aromatic rings. The van der Waals surface area contributed by atoms with Gasteiger partial charge < -0.3 is 10.1 Å². The Morgan fingerprint density at radius 2 is 1.89 bits per heavy atom. The number of piperazine rings is 1. The zero-order chi connectivity index (χ0) is 13.0. The van der Waals surface area contributed by atoms with Crippen molar-refractivity contribution < 1.29 is 4.74 Å². The molecule has 1 N–H and O–H groups in total. The summed E-state index contributed by atoms with van der Waals surface area (Å²) in [4.78, 5) is 2.43. The minimum absolute atomic E-state index is 0. The molecule has 2 unspecified atom stereocenters. The first kappa shape index (κ1) is 16.6. The van der Waals surface area contributed by atoms with Crippen molar-refractivity contribution in [1.29, 1.82) is 0 Å². The number of benzene rings is 1. The molecule has 1 aliphatic heterocycles. The van der Waals surface area contributed by atoms with Gasteiger partial charge in [-0.05, 0) is 26.0 Å². The van der Waals surface area contributed by atoms with Crippen molar-refractivity contribution in [3.63, 3.8) is 0 Å². The Morgan fingerprint density at radius 3 is 2.53 bits per heavy atom. The van der Waals surface area contributed by atoms with Gasteiger partial charge in [-0.15, -0.1) is 12.4 Å². The van der Waals surface area contributed by atoms with Gasteiger partial charge in [0.15, 0.2) is 0 Å². The number of nitrogens with zero attached hydrogens (tertiary/aromatic N) is 1. The number of para-hydroxylation sites is 1. The molecule has 2 rings (SSSR count). The summed E-state index contributed by atoms with van der Waals surface area (Å²) in [5, 5.41) is 4.20. The summed E-state index contributed by atoms with van der Waals surface area (Å²) in [5.74, 6) is 0.774. The molecule has 5 heteroatoms. The zero-order valence-electron chi connectivity index (χ0n) is 11.4. The summed E-state index contributed by atoms with van der Waals surface area (Å²) >= 11 is 6.04.